The van der Waals surface area contributed by atoms with E-state index in [4.69, 9.17) is 14.7 Å². The fourth-order valence-electron chi connectivity index (χ4n) is 8.18. The highest BCUT2D eigenvalue weighted by Gasteiger charge is 2.33. The zero-order chi connectivity index (χ0) is 32.1. The zero-order valence-electron chi connectivity index (χ0n) is 26.5. The number of hydrogen-bond acceptors (Lipinski definition) is 4. The fraction of sp³-hybridized carbons (Fsp3) is 0.0909. The smallest absolute Gasteiger partial charge is 0.231 e. The summed E-state index contributed by atoms with van der Waals surface area (Å²) in [5.74, 6) is 1.94. The van der Waals surface area contributed by atoms with Crippen LogP contribution in [0.4, 0.5) is 0 Å². The molecule has 0 bridgehead atoms. The van der Waals surface area contributed by atoms with Gasteiger partial charge in [0.15, 0.2) is 0 Å². The van der Waals surface area contributed by atoms with E-state index < -0.39 is 0 Å². The normalized spacial score (nSPS) is 20.9. The topological polar surface area (TPSA) is 38.9 Å². The lowest BCUT2D eigenvalue weighted by Gasteiger charge is -2.26. The molecule has 7 aromatic rings. The number of fused-ring (bicyclic) bond motifs is 10. The number of rotatable bonds is 2. The van der Waals surface area contributed by atoms with Gasteiger partial charge in [0, 0.05) is 53.6 Å². The first-order chi connectivity index (χ1) is 24.3. The minimum atomic E-state index is 0.00889. The van der Waals surface area contributed by atoms with Gasteiger partial charge in [0.05, 0.1) is 22.8 Å². The number of para-hydroxylation sites is 2. The van der Waals surface area contributed by atoms with Crippen LogP contribution in [0.15, 0.2) is 161 Å². The van der Waals surface area contributed by atoms with E-state index in [2.05, 4.69) is 144 Å². The van der Waals surface area contributed by atoms with Crippen LogP contribution in [0, 0.1) is 0 Å². The first-order valence-corrected chi connectivity index (χ1v) is 17.7. The van der Waals surface area contributed by atoms with E-state index in [1.807, 2.05) is 17.4 Å². The van der Waals surface area contributed by atoms with Crippen LogP contribution in [0.2, 0.25) is 0 Å². The Hall–Kier alpha value is -5.78. The number of allylic oxidation sites excluding steroid dienone is 4. The number of aliphatic imine (C=N–C) groups is 2. The van der Waals surface area contributed by atoms with Gasteiger partial charge in [0.25, 0.3) is 0 Å². The van der Waals surface area contributed by atoms with Gasteiger partial charge in [-0.05, 0) is 54.0 Å². The Balaban J connectivity index is 1.08. The zero-order valence-corrected chi connectivity index (χ0v) is 27.3. The van der Waals surface area contributed by atoms with E-state index >= 15 is 0 Å². The summed E-state index contributed by atoms with van der Waals surface area (Å²) in [7, 11) is 0. The first kappa shape index (κ1) is 27.2. The van der Waals surface area contributed by atoms with Gasteiger partial charge in [-0.25, -0.2) is 9.98 Å². The van der Waals surface area contributed by atoms with Gasteiger partial charge in [-0.1, -0.05) is 109 Å². The maximum atomic E-state index is 6.24. The van der Waals surface area contributed by atoms with Crippen LogP contribution >= 0.6 is 11.3 Å². The van der Waals surface area contributed by atoms with Gasteiger partial charge in [0.2, 0.25) is 5.96 Å². The van der Waals surface area contributed by atoms with Crippen molar-refractivity contribution in [1.29, 1.82) is 0 Å². The molecule has 0 N–H and O–H groups in total. The number of benzene rings is 5. The van der Waals surface area contributed by atoms with E-state index in [0.29, 0.717) is 0 Å². The van der Waals surface area contributed by atoms with Crippen LogP contribution in [0.25, 0.3) is 47.6 Å². The highest BCUT2D eigenvalue weighted by atomic mass is 32.1. The van der Waals surface area contributed by atoms with E-state index in [-0.39, 0.29) is 18.1 Å². The molecule has 5 heteroatoms. The van der Waals surface area contributed by atoms with Crippen molar-refractivity contribution < 1.29 is 4.74 Å². The molecule has 4 nitrogen and oxygen atoms in total. The summed E-state index contributed by atoms with van der Waals surface area (Å²) in [5, 5.41) is 4.97. The molecule has 0 saturated heterocycles. The molecule has 0 spiro atoms. The van der Waals surface area contributed by atoms with Crippen LogP contribution in [-0.4, -0.2) is 28.4 Å². The Bertz CT molecular complexity index is 2750. The highest BCUT2D eigenvalue weighted by molar-refractivity contribution is 7.26. The van der Waals surface area contributed by atoms with Gasteiger partial charge in [-0.2, -0.15) is 0 Å². The summed E-state index contributed by atoms with van der Waals surface area (Å²) < 4.78 is 11.1. The van der Waals surface area contributed by atoms with Crippen molar-refractivity contribution in [3.05, 3.63) is 168 Å². The van der Waals surface area contributed by atoms with Crippen molar-refractivity contribution in [2.45, 2.75) is 24.5 Å². The Kier molecular flexibility index (Phi) is 5.75. The maximum absolute atomic E-state index is 6.24. The van der Waals surface area contributed by atoms with Gasteiger partial charge < -0.3 is 4.74 Å². The third-order valence-corrected chi connectivity index (χ3v) is 11.7. The van der Waals surface area contributed by atoms with Crippen LogP contribution in [0.1, 0.15) is 29.0 Å². The van der Waals surface area contributed by atoms with Gasteiger partial charge in [-0.3, -0.25) is 4.57 Å². The number of thiophene rings is 1. The summed E-state index contributed by atoms with van der Waals surface area (Å²) in [6.07, 6.45) is 14.3. The molecule has 3 unspecified atom stereocenters. The van der Waals surface area contributed by atoms with Crippen molar-refractivity contribution in [2.75, 3.05) is 0 Å². The van der Waals surface area contributed by atoms with Crippen molar-refractivity contribution in [2.24, 2.45) is 9.98 Å². The second-order valence-corrected chi connectivity index (χ2v) is 14.2. The Labute approximate surface area is 287 Å². The van der Waals surface area contributed by atoms with E-state index in [1.165, 1.54) is 58.8 Å². The molecule has 0 radical (unpaired) electrons. The lowest BCUT2D eigenvalue weighted by Crippen LogP contribution is -2.28. The molecule has 5 aromatic carbocycles. The molecule has 2 aliphatic heterocycles. The molecule has 0 fully saturated rings. The SMILES string of the molecule is C1=CCC2N=C(n3c4ccccc4c4cc(C5=CC6c7ccccc7OC6C=C5)ccc43)N=C(c3cccc4c3sc3ccccc34)C2=C1. The van der Waals surface area contributed by atoms with Gasteiger partial charge in [-0.15, -0.1) is 11.3 Å². The molecule has 2 aliphatic carbocycles. The van der Waals surface area contributed by atoms with Crippen LogP contribution in [0.3, 0.4) is 0 Å². The number of nitrogens with zero attached hydrogens (tertiary/aromatic N) is 3. The monoisotopic (exact) mass is 647 g/mol. The number of hydrogen-bond donors (Lipinski definition) is 0. The molecule has 3 atom stereocenters. The quantitative estimate of drug-likeness (QED) is 0.184. The van der Waals surface area contributed by atoms with Crippen molar-refractivity contribution in [1.82, 2.24) is 4.57 Å². The summed E-state index contributed by atoms with van der Waals surface area (Å²) in [4.78, 5) is 10.8. The second kappa shape index (κ2) is 10.4. The van der Waals surface area contributed by atoms with E-state index in [0.717, 1.165) is 34.9 Å². The molecule has 2 aromatic heterocycles. The third kappa shape index (κ3) is 4.03. The molecule has 0 saturated carbocycles. The average molecular weight is 648 g/mol. The molecular weight excluding hydrogens is 619 g/mol. The standard InChI is InChI=1S/C44H29N3OS/c1-5-16-36-32(13-1)42(33-15-9-14-31-30-12-4-8-19-41(30)49-43(31)33)46-44(45-36)47-37-17-6-2-10-28(37)34-24-26(20-22-38(34)47)27-21-23-40-35(25-27)29-11-3-7-18-39(29)48-40/h1-15,17-25,35-36,40H,16H2. The predicted octanol–water partition coefficient (Wildman–Crippen LogP) is 10.6. The summed E-state index contributed by atoms with van der Waals surface area (Å²) in [5.41, 5.74) is 9.27. The molecule has 4 aliphatic rings. The summed E-state index contributed by atoms with van der Waals surface area (Å²) in [6, 6.07) is 39.3. The average Bonchev–Trinajstić information content (AvgIpc) is 3.83. The van der Waals surface area contributed by atoms with Gasteiger partial charge in [0.1, 0.15) is 11.9 Å². The maximum Gasteiger partial charge on any atom is 0.231 e. The Morgan fingerprint density at radius 3 is 2.59 bits per heavy atom. The molecule has 4 heterocycles. The van der Waals surface area contributed by atoms with Crippen molar-refractivity contribution >= 4 is 70.6 Å². The molecule has 0 amide bonds. The lowest BCUT2D eigenvalue weighted by molar-refractivity contribution is 0.269. The highest BCUT2D eigenvalue weighted by Crippen LogP contribution is 2.44. The number of ether oxygens (including phenoxy) is 1. The summed E-state index contributed by atoms with van der Waals surface area (Å²) in [6.45, 7) is 0. The molecule has 11 rings (SSSR count). The molecule has 49 heavy (non-hydrogen) atoms. The lowest BCUT2D eigenvalue weighted by atomic mass is 9.87. The number of aromatic nitrogens is 1. The van der Waals surface area contributed by atoms with Crippen LogP contribution in [-0.2, 0) is 0 Å². The Morgan fingerprint density at radius 1 is 0.776 bits per heavy atom. The minimum absolute atomic E-state index is 0.00889. The fourth-order valence-corrected chi connectivity index (χ4v) is 9.39. The van der Waals surface area contributed by atoms with Crippen LogP contribution in [0.5, 0.6) is 5.75 Å². The molecule has 232 valence electrons. The molecular formula is C44H29N3OS. The second-order valence-electron chi connectivity index (χ2n) is 13.2. The van der Waals surface area contributed by atoms with Crippen molar-refractivity contribution in [3.8, 4) is 5.75 Å². The predicted molar refractivity (Wildman–Crippen MR) is 204 cm³/mol. The minimum Gasteiger partial charge on any atom is -0.485 e. The largest absolute Gasteiger partial charge is 0.485 e. The first-order valence-electron chi connectivity index (χ1n) is 16.9. The van der Waals surface area contributed by atoms with Gasteiger partial charge >= 0.3 is 0 Å². The Morgan fingerprint density at radius 2 is 1.61 bits per heavy atom. The van der Waals surface area contributed by atoms with E-state index in [9.17, 15) is 0 Å². The van der Waals surface area contributed by atoms with Crippen LogP contribution < -0.4 is 4.74 Å². The van der Waals surface area contributed by atoms with Crippen molar-refractivity contribution in [3.63, 3.8) is 0 Å². The third-order valence-electron chi connectivity index (χ3n) is 10.5. The van der Waals surface area contributed by atoms with E-state index in [1.54, 1.807) is 0 Å². The summed E-state index contributed by atoms with van der Waals surface area (Å²) >= 11 is 1.85.